The van der Waals surface area contributed by atoms with Gasteiger partial charge in [0.15, 0.2) is 11.6 Å². The van der Waals surface area contributed by atoms with Crippen LogP contribution in [0.5, 0.6) is 0 Å². The second-order valence-corrected chi connectivity index (χ2v) is 12.8. The van der Waals surface area contributed by atoms with E-state index in [4.69, 9.17) is 23.2 Å². The van der Waals surface area contributed by atoms with Crippen LogP contribution in [0.15, 0.2) is 109 Å². The highest BCUT2D eigenvalue weighted by atomic mass is 35.5. The summed E-state index contributed by atoms with van der Waals surface area (Å²) in [5, 5.41) is 27.7. The molecule has 12 heteroatoms. The predicted molar refractivity (Wildman–Crippen MR) is 186 cm³/mol. The van der Waals surface area contributed by atoms with Crippen molar-refractivity contribution in [3.05, 3.63) is 153 Å². The summed E-state index contributed by atoms with van der Waals surface area (Å²) >= 11 is 12.6. The largest absolute Gasteiger partial charge is 0.287 e. The Morgan fingerprint density at radius 2 is 0.875 bits per heavy atom. The molecule has 1 fully saturated rings. The van der Waals surface area contributed by atoms with Gasteiger partial charge in [0.1, 0.15) is 0 Å². The lowest BCUT2D eigenvalue weighted by Crippen LogP contribution is -2.50. The first-order valence-corrected chi connectivity index (χ1v) is 17.0. The quantitative estimate of drug-likeness (QED) is 0.157. The zero-order chi connectivity index (χ0) is 32.7. The van der Waals surface area contributed by atoms with Gasteiger partial charge in [-0.3, -0.25) is 9.80 Å². The minimum atomic E-state index is -0.139. The molecule has 3 heterocycles. The third-order valence-electron chi connectivity index (χ3n) is 8.97. The van der Waals surface area contributed by atoms with E-state index in [9.17, 15) is 0 Å². The van der Waals surface area contributed by atoms with E-state index in [-0.39, 0.29) is 12.1 Å². The van der Waals surface area contributed by atoms with Gasteiger partial charge in [-0.15, -0.1) is 10.2 Å². The van der Waals surface area contributed by atoms with Crippen molar-refractivity contribution < 1.29 is 0 Å². The van der Waals surface area contributed by atoms with Gasteiger partial charge in [-0.2, -0.15) is 0 Å². The molecule has 4 aromatic carbocycles. The molecule has 0 aliphatic carbocycles. The Kier molecular flexibility index (Phi) is 10.1. The van der Waals surface area contributed by atoms with Crippen molar-refractivity contribution in [1.29, 1.82) is 0 Å². The van der Waals surface area contributed by atoms with Crippen molar-refractivity contribution in [1.82, 2.24) is 50.2 Å². The van der Waals surface area contributed by atoms with Crippen molar-refractivity contribution >= 4 is 23.2 Å². The molecule has 244 valence electrons. The van der Waals surface area contributed by atoms with E-state index in [0.717, 1.165) is 61.8 Å². The first kappa shape index (κ1) is 32.1. The smallest absolute Gasteiger partial charge is 0.173 e. The van der Waals surface area contributed by atoms with Gasteiger partial charge in [0.05, 0.1) is 12.1 Å². The van der Waals surface area contributed by atoms with E-state index < -0.39 is 0 Å². The molecule has 0 N–H and O–H groups in total. The molecule has 0 spiro atoms. The summed E-state index contributed by atoms with van der Waals surface area (Å²) in [5.41, 5.74) is 4.69. The first-order valence-electron chi connectivity index (χ1n) is 16.2. The maximum absolute atomic E-state index is 6.32. The Labute approximate surface area is 289 Å². The molecular formula is C36H36Cl2N10. The van der Waals surface area contributed by atoms with Gasteiger partial charge in [0, 0.05) is 49.3 Å². The van der Waals surface area contributed by atoms with Gasteiger partial charge in [-0.1, -0.05) is 108 Å². The van der Waals surface area contributed by atoms with E-state index in [1.54, 1.807) is 0 Å². The van der Waals surface area contributed by atoms with Crippen LogP contribution in [0.2, 0.25) is 10.0 Å². The minimum absolute atomic E-state index is 0.139. The van der Waals surface area contributed by atoms with Crippen LogP contribution in [0.25, 0.3) is 0 Å². The third-order valence-corrected chi connectivity index (χ3v) is 9.47. The number of hydrogen-bond donors (Lipinski definition) is 0. The molecular weight excluding hydrogens is 643 g/mol. The standard InChI is InChI=1S/C36H36Cl2N10/c37-31-15-11-29(12-16-31)33(35-39-41-43-47(35)21-19-27-7-3-1-4-8-27)45-23-25-46(26-24-45)34(30-13-17-32(38)18-14-30)36-40-42-44-48(36)22-20-28-9-5-2-6-10-28/h1-18,33-34H,19-26H2/t33-,34-/m0/s1. The average molecular weight is 680 g/mol. The topological polar surface area (TPSA) is 93.7 Å². The lowest BCUT2D eigenvalue weighted by molar-refractivity contribution is 0.0822. The Morgan fingerprint density at radius 3 is 1.25 bits per heavy atom. The molecule has 10 nitrogen and oxygen atoms in total. The van der Waals surface area contributed by atoms with Crippen LogP contribution in [-0.4, -0.2) is 76.4 Å². The van der Waals surface area contributed by atoms with E-state index in [0.29, 0.717) is 23.1 Å². The van der Waals surface area contributed by atoms with Crippen molar-refractivity contribution in [2.24, 2.45) is 0 Å². The lowest BCUT2D eigenvalue weighted by Gasteiger charge is -2.41. The SMILES string of the molecule is Clc1ccc([C@@H](c2nnnn2CCc2ccccc2)N2CCN([C@@H](c3ccc(Cl)cc3)c3nnnn3CCc3ccccc3)CC2)cc1. The maximum Gasteiger partial charge on any atom is 0.173 e. The fraction of sp³-hybridized carbons (Fsp3) is 0.278. The van der Waals surface area contributed by atoms with Crippen molar-refractivity contribution in [3.63, 3.8) is 0 Å². The molecule has 0 saturated carbocycles. The number of aromatic nitrogens is 8. The van der Waals surface area contributed by atoms with Gasteiger partial charge in [0.2, 0.25) is 0 Å². The van der Waals surface area contributed by atoms with Crippen LogP contribution in [-0.2, 0) is 25.9 Å². The summed E-state index contributed by atoms with van der Waals surface area (Å²) in [6.45, 7) is 4.51. The molecule has 1 aliphatic heterocycles. The molecule has 0 unspecified atom stereocenters. The zero-order valence-electron chi connectivity index (χ0n) is 26.4. The van der Waals surface area contributed by atoms with Gasteiger partial charge in [-0.25, -0.2) is 9.36 Å². The molecule has 2 aromatic heterocycles. The number of aryl methyl sites for hydroxylation is 4. The predicted octanol–water partition coefficient (Wildman–Crippen LogP) is 5.95. The number of piperazine rings is 1. The zero-order valence-corrected chi connectivity index (χ0v) is 27.9. The Hall–Kier alpha value is -4.48. The summed E-state index contributed by atoms with van der Waals surface area (Å²) in [6.07, 6.45) is 1.67. The molecule has 2 atom stereocenters. The Morgan fingerprint density at radius 1 is 0.500 bits per heavy atom. The molecule has 7 rings (SSSR count). The lowest BCUT2D eigenvalue weighted by atomic mass is 10.0. The maximum atomic E-state index is 6.32. The number of nitrogens with zero attached hydrogens (tertiary/aromatic N) is 10. The molecule has 0 radical (unpaired) electrons. The Bertz CT molecular complexity index is 1730. The van der Waals surface area contributed by atoms with Gasteiger partial charge < -0.3 is 0 Å². The fourth-order valence-electron chi connectivity index (χ4n) is 6.48. The van der Waals surface area contributed by atoms with Crippen LogP contribution in [0.1, 0.15) is 46.0 Å². The number of benzene rings is 4. The minimum Gasteiger partial charge on any atom is -0.287 e. The molecule has 1 saturated heterocycles. The number of halogens is 2. The molecule has 1 aliphatic rings. The first-order chi connectivity index (χ1) is 23.6. The summed E-state index contributed by atoms with van der Waals surface area (Å²) < 4.78 is 3.88. The normalized spacial score (nSPS) is 15.4. The number of rotatable bonds is 12. The van der Waals surface area contributed by atoms with E-state index in [1.165, 1.54) is 11.1 Å². The summed E-state index contributed by atoms with van der Waals surface area (Å²) in [7, 11) is 0. The molecule has 6 aromatic rings. The molecule has 0 amide bonds. The third kappa shape index (κ3) is 7.47. The highest BCUT2D eigenvalue weighted by Gasteiger charge is 2.35. The number of hydrogen-bond acceptors (Lipinski definition) is 8. The Balaban J connectivity index is 1.14. The van der Waals surface area contributed by atoms with Gasteiger partial charge >= 0.3 is 0 Å². The second kappa shape index (κ2) is 15.2. The highest BCUT2D eigenvalue weighted by molar-refractivity contribution is 6.30. The fourth-order valence-corrected chi connectivity index (χ4v) is 6.73. The second-order valence-electron chi connectivity index (χ2n) is 12.0. The van der Waals surface area contributed by atoms with Gasteiger partial charge in [0.25, 0.3) is 0 Å². The molecule has 48 heavy (non-hydrogen) atoms. The number of tetrazole rings is 2. The van der Waals surface area contributed by atoms with Crippen LogP contribution >= 0.6 is 23.2 Å². The van der Waals surface area contributed by atoms with Crippen LogP contribution in [0.3, 0.4) is 0 Å². The monoisotopic (exact) mass is 678 g/mol. The van der Waals surface area contributed by atoms with Crippen LogP contribution in [0.4, 0.5) is 0 Å². The van der Waals surface area contributed by atoms with Crippen molar-refractivity contribution in [2.75, 3.05) is 26.2 Å². The van der Waals surface area contributed by atoms with Crippen LogP contribution < -0.4 is 0 Å². The summed E-state index contributed by atoms with van der Waals surface area (Å²) in [5.74, 6) is 1.64. The van der Waals surface area contributed by atoms with Crippen LogP contribution in [0, 0.1) is 0 Å². The van der Waals surface area contributed by atoms with Gasteiger partial charge in [-0.05, 0) is 80.2 Å². The highest BCUT2D eigenvalue weighted by Crippen LogP contribution is 2.33. The van der Waals surface area contributed by atoms with Crippen molar-refractivity contribution in [2.45, 2.75) is 38.0 Å². The van der Waals surface area contributed by atoms with E-state index in [2.05, 4.69) is 114 Å². The molecule has 0 bridgehead atoms. The summed E-state index contributed by atoms with van der Waals surface area (Å²) in [6, 6.07) is 36.6. The van der Waals surface area contributed by atoms with Crippen molar-refractivity contribution in [3.8, 4) is 0 Å². The summed E-state index contributed by atoms with van der Waals surface area (Å²) in [4.78, 5) is 4.92. The average Bonchev–Trinajstić information content (AvgIpc) is 3.80. The van der Waals surface area contributed by atoms with E-state index in [1.807, 2.05) is 45.8 Å². The van der Waals surface area contributed by atoms with E-state index >= 15 is 0 Å².